The summed E-state index contributed by atoms with van der Waals surface area (Å²) in [5.41, 5.74) is 0. The summed E-state index contributed by atoms with van der Waals surface area (Å²) in [6, 6.07) is 0. The van der Waals surface area contributed by atoms with E-state index in [9.17, 15) is 14.4 Å². The molecule has 6 heteroatoms. The van der Waals surface area contributed by atoms with Gasteiger partial charge in [0, 0.05) is 19.3 Å². The SMILES string of the molecule is CCCCCCCCCCCCCC(=O)OC[C@@H](COC(=O)CCCCCCCCCCCCCCCCCCC(C)C)OC(=O)CCCCCCCCCCC. The van der Waals surface area contributed by atoms with Crippen molar-refractivity contribution in [2.24, 2.45) is 5.92 Å². The van der Waals surface area contributed by atoms with Crippen molar-refractivity contribution in [1.82, 2.24) is 0 Å². The molecule has 0 bridgehead atoms. The topological polar surface area (TPSA) is 78.9 Å². The van der Waals surface area contributed by atoms with E-state index in [4.69, 9.17) is 14.2 Å². The quantitative estimate of drug-likeness (QED) is 0.0346. The fourth-order valence-corrected chi connectivity index (χ4v) is 7.69. The Morgan fingerprint density at radius 2 is 0.579 bits per heavy atom. The number of esters is 3. The third-order valence-electron chi connectivity index (χ3n) is 11.5. The molecule has 0 aromatic rings. The maximum Gasteiger partial charge on any atom is 0.306 e. The molecule has 0 fully saturated rings. The highest BCUT2D eigenvalue weighted by atomic mass is 16.6. The minimum absolute atomic E-state index is 0.0630. The van der Waals surface area contributed by atoms with Gasteiger partial charge in [0.1, 0.15) is 13.2 Å². The number of unbranched alkanes of at least 4 members (excludes halogenated alkanes) is 33. The zero-order valence-electron chi connectivity index (χ0n) is 38.8. The van der Waals surface area contributed by atoms with Crippen LogP contribution in [-0.4, -0.2) is 37.2 Å². The van der Waals surface area contributed by atoms with Crippen molar-refractivity contribution >= 4 is 17.9 Å². The lowest BCUT2D eigenvalue weighted by Crippen LogP contribution is -2.30. The van der Waals surface area contributed by atoms with Gasteiger partial charge in [-0.3, -0.25) is 14.4 Å². The number of carbonyl (C=O) groups excluding carboxylic acids is 3. The Morgan fingerprint density at radius 3 is 0.860 bits per heavy atom. The van der Waals surface area contributed by atoms with Crippen molar-refractivity contribution in [1.29, 1.82) is 0 Å². The van der Waals surface area contributed by atoms with Crippen LogP contribution < -0.4 is 0 Å². The van der Waals surface area contributed by atoms with Gasteiger partial charge in [-0.2, -0.15) is 0 Å². The van der Waals surface area contributed by atoms with Gasteiger partial charge >= 0.3 is 17.9 Å². The predicted octanol–water partition coefficient (Wildman–Crippen LogP) is 16.3. The molecule has 0 unspecified atom stereocenters. The van der Waals surface area contributed by atoms with Crippen LogP contribution in [0.5, 0.6) is 0 Å². The van der Waals surface area contributed by atoms with E-state index < -0.39 is 6.10 Å². The van der Waals surface area contributed by atoms with E-state index in [1.807, 2.05) is 0 Å². The lowest BCUT2D eigenvalue weighted by molar-refractivity contribution is -0.167. The third-order valence-corrected chi connectivity index (χ3v) is 11.5. The molecule has 0 aliphatic heterocycles. The summed E-state index contributed by atoms with van der Waals surface area (Å²) < 4.78 is 16.7. The third kappa shape index (κ3) is 45.3. The van der Waals surface area contributed by atoms with Crippen LogP contribution in [0.25, 0.3) is 0 Å². The Morgan fingerprint density at radius 1 is 0.333 bits per heavy atom. The highest BCUT2D eigenvalue weighted by Crippen LogP contribution is 2.17. The highest BCUT2D eigenvalue weighted by Gasteiger charge is 2.19. The molecule has 0 aliphatic carbocycles. The van der Waals surface area contributed by atoms with Crippen molar-refractivity contribution in [3.05, 3.63) is 0 Å². The summed E-state index contributed by atoms with van der Waals surface area (Å²) in [4.78, 5) is 37.8. The molecular weight excluding hydrogens is 709 g/mol. The minimum atomic E-state index is -0.759. The molecule has 0 aromatic carbocycles. The van der Waals surface area contributed by atoms with E-state index in [2.05, 4.69) is 27.7 Å². The van der Waals surface area contributed by atoms with Gasteiger partial charge in [-0.05, 0) is 25.2 Å². The second-order valence-electron chi connectivity index (χ2n) is 17.9. The first kappa shape index (κ1) is 55.4. The largest absolute Gasteiger partial charge is 0.462 e. The Kier molecular flexibility index (Phi) is 44.2. The number of carbonyl (C=O) groups is 3. The van der Waals surface area contributed by atoms with Crippen LogP contribution in [0.1, 0.15) is 285 Å². The van der Waals surface area contributed by atoms with E-state index in [-0.39, 0.29) is 31.1 Å². The first-order valence-electron chi connectivity index (χ1n) is 25.4. The normalized spacial score (nSPS) is 11.9. The first-order valence-corrected chi connectivity index (χ1v) is 25.4. The Bertz CT molecular complexity index is 857. The van der Waals surface area contributed by atoms with Gasteiger partial charge in [-0.25, -0.2) is 0 Å². The molecule has 338 valence electrons. The van der Waals surface area contributed by atoms with Crippen LogP contribution in [0.2, 0.25) is 0 Å². The van der Waals surface area contributed by atoms with Crippen molar-refractivity contribution in [2.45, 2.75) is 291 Å². The lowest BCUT2D eigenvalue weighted by Gasteiger charge is -2.18. The molecular formula is C51H98O6. The molecule has 0 aromatic heterocycles. The first-order chi connectivity index (χ1) is 27.9. The van der Waals surface area contributed by atoms with Gasteiger partial charge in [-0.15, -0.1) is 0 Å². The second kappa shape index (κ2) is 45.5. The molecule has 0 radical (unpaired) electrons. The lowest BCUT2D eigenvalue weighted by atomic mass is 10.0. The van der Waals surface area contributed by atoms with E-state index in [1.165, 1.54) is 180 Å². The molecule has 0 amide bonds. The number of ether oxygens (including phenoxy) is 3. The number of hydrogen-bond donors (Lipinski definition) is 0. The van der Waals surface area contributed by atoms with Gasteiger partial charge in [0.15, 0.2) is 6.10 Å². The van der Waals surface area contributed by atoms with Gasteiger partial charge in [0.05, 0.1) is 0 Å². The summed E-state index contributed by atoms with van der Waals surface area (Å²) in [5.74, 6) is 0.00347. The van der Waals surface area contributed by atoms with Crippen LogP contribution in [0.15, 0.2) is 0 Å². The summed E-state index contributed by atoms with van der Waals surface area (Å²) in [6.45, 7) is 9.01. The number of hydrogen-bond acceptors (Lipinski definition) is 6. The number of rotatable bonds is 46. The van der Waals surface area contributed by atoms with Crippen LogP contribution in [-0.2, 0) is 28.6 Å². The Balaban J connectivity index is 4.19. The molecule has 1 atom stereocenters. The van der Waals surface area contributed by atoms with Crippen molar-refractivity contribution < 1.29 is 28.6 Å². The van der Waals surface area contributed by atoms with Crippen LogP contribution >= 0.6 is 0 Å². The molecule has 6 nitrogen and oxygen atoms in total. The smallest absolute Gasteiger partial charge is 0.306 e. The van der Waals surface area contributed by atoms with Crippen molar-refractivity contribution in [3.63, 3.8) is 0 Å². The highest BCUT2D eigenvalue weighted by molar-refractivity contribution is 5.71. The second-order valence-corrected chi connectivity index (χ2v) is 17.9. The maximum absolute atomic E-state index is 12.7. The van der Waals surface area contributed by atoms with E-state index in [0.29, 0.717) is 19.3 Å². The summed E-state index contributed by atoms with van der Waals surface area (Å²) in [7, 11) is 0. The van der Waals surface area contributed by atoms with Gasteiger partial charge in [0.25, 0.3) is 0 Å². The average molecular weight is 807 g/mol. The predicted molar refractivity (Wildman–Crippen MR) is 243 cm³/mol. The zero-order valence-corrected chi connectivity index (χ0v) is 38.8. The molecule has 0 spiro atoms. The van der Waals surface area contributed by atoms with E-state index in [1.54, 1.807) is 0 Å². The minimum Gasteiger partial charge on any atom is -0.462 e. The summed E-state index contributed by atoms with van der Waals surface area (Å²) in [6.07, 6.45) is 46.6. The average Bonchev–Trinajstić information content (AvgIpc) is 3.19. The fraction of sp³-hybridized carbons (Fsp3) is 0.941. The van der Waals surface area contributed by atoms with Gasteiger partial charge < -0.3 is 14.2 Å². The molecule has 0 aliphatic rings. The van der Waals surface area contributed by atoms with Crippen molar-refractivity contribution in [3.8, 4) is 0 Å². The van der Waals surface area contributed by atoms with E-state index >= 15 is 0 Å². The maximum atomic E-state index is 12.7. The summed E-state index contributed by atoms with van der Waals surface area (Å²) >= 11 is 0. The Hall–Kier alpha value is -1.59. The molecule has 0 N–H and O–H groups in total. The van der Waals surface area contributed by atoms with Gasteiger partial charge in [-0.1, -0.05) is 246 Å². The molecule has 57 heavy (non-hydrogen) atoms. The Labute approximate surface area is 355 Å². The standard InChI is InChI=1S/C51H98O6/c1-5-7-9-11-13-15-22-27-30-34-38-42-49(52)55-45-48(57-51(54)44-40-36-32-25-14-12-10-8-6-2)46-56-50(53)43-39-35-31-28-24-21-19-17-16-18-20-23-26-29-33-37-41-47(3)4/h47-48H,5-46H2,1-4H3/t48-/m0/s1. The van der Waals surface area contributed by atoms with Crippen LogP contribution in [0, 0.1) is 5.92 Å². The monoisotopic (exact) mass is 807 g/mol. The molecule has 0 rings (SSSR count). The fourth-order valence-electron chi connectivity index (χ4n) is 7.69. The molecule has 0 saturated heterocycles. The van der Waals surface area contributed by atoms with Crippen LogP contribution in [0.4, 0.5) is 0 Å². The van der Waals surface area contributed by atoms with Gasteiger partial charge in [0.2, 0.25) is 0 Å². The zero-order chi connectivity index (χ0) is 41.7. The van der Waals surface area contributed by atoms with E-state index in [0.717, 1.165) is 63.7 Å². The van der Waals surface area contributed by atoms with Crippen molar-refractivity contribution in [2.75, 3.05) is 13.2 Å². The molecule has 0 heterocycles. The van der Waals surface area contributed by atoms with Crippen LogP contribution in [0.3, 0.4) is 0 Å². The molecule has 0 saturated carbocycles. The summed E-state index contributed by atoms with van der Waals surface area (Å²) in [5, 5.41) is 0.